The van der Waals surface area contributed by atoms with Gasteiger partial charge in [-0.05, 0) is 26.3 Å². The van der Waals surface area contributed by atoms with Crippen LogP contribution in [-0.2, 0) is 6.54 Å². The van der Waals surface area contributed by atoms with Crippen LogP contribution in [0.25, 0.3) is 0 Å². The lowest BCUT2D eigenvalue weighted by Crippen LogP contribution is -2.34. The summed E-state index contributed by atoms with van der Waals surface area (Å²) in [4.78, 5) is 8.15. The van der Waals surface area contributed by atoms with Gasteiger partial charge < -0.3 is 5.73 Å². The van der Waals surface area contributed by atoms with Gasteiger partial charge in [0.05, 0.1) is 11.2 Å². The van der Waals surface area contributed by atoms with Crippen LogP contribution in [-0.4, -0.2) is 29.0 Å². The minimum Gasteiger partial charge on any atom is -0.329 e. The third-order valence-electron chi connectivity index (χ3n) is 2.96. The highest BCUT2D eigenvalue weighted by atomic mass is 32.1. The molecule has 0 aromatic carbocycles. The number of thiazole rings is 1. The van der Waals surface area contributed by atoms with Gasteiger partial charge in [-0.25, -0.2) is 4.98 Å². The molecule has 0 bridgehead atoms. The maximum Gasteiger partial charge on any atom is 0.0798 e. The Bertz CT molecular complexity index is 297. The lowest BCUT2D eigenvalue weighted by atomic mass is 10.2. The molecule has 0 aliphatic carbocycles. The molecule has 1 aromatic rings. The van der Waals surface area contributed by atoms with Gasteiger partial charge in [0.1, 0.15) is 0 Å². The van der Waals surface area contributed by atoms with Crippen molar-refractivity contribution in [2.45, 2.75) is 32.4 Å². The van der Waals surface area contributed by atoms with Gasteiger partial charge in [0.15, 0.2) is 0 Å². The lowest BCUT2D eigenvalue weighted by Gasteiger charge is -2.22. The van der Waals surface area contributed by atoms with E-state index in [0.717, 1.165) is 13.1 Å². The molecule has 2 heterocycles. The molecular weight excluding hydrogens is 194 g/mol. The van der Waals surface area contributed by atoms with Crippen molar-refractivity contribution < 1.29 is 0 Å². The van der Waals surface area contributed by atoms with Crippen LogP contribution >= 0.6 is 11.3 Å². The summed E-state index contributed by atoms with van der Waals surface area (Å²) in [5.74, 6) is 0. The molecule has 0 radical (unpaired) electrons. The lowest BCUT2D eigenvalue weighted by molar-refractivity contribution is 0.252. The fourth-order valence-electron chi connectivity index (χ4n) is 2.03. The third-order valence-corrected chi connectivity index (χ3v) is 3.88. The number of aryl methyl sites for hydroxylation is 1. The largest absolute Gasteiger partial charge is 0.329 e. The molecule has 3 nitrogen and oxygen atoms in total. The molecule has 14 heavy (non-hydrogen) atoms. The van der Waals surface area contributed by atoms with E-state index < -0.39 is 0 Å². The zero-order valence-electron chi connectivity index (χ0n) is 8.57. The minimum absolute atomic E-state index is 0.594. The number of nitrogens with zero attached hydrogens (tertiary/aromatic N) is 2. The molecular formula is C10H17N3S. The molecule has 1 fully saturated rings. The first kappa shape index (κ1) is 10.1. The summed E-state index contributed by atoms with van der Waals surface area (Å²) in [7, 11) is 0. The predicted molar refractivity (Wildman–Crippen MR) is 59.3 cm³/mol. The standard InChI is InChI=1S/C10H17N3S/c1-8-10(14-7-12-8)6-13-4-2-3-9(13)5-11/h7,9H,2-6,11H2,1H3/t9-/m1/s1. The van der Waals surface area contributed by atoms with Crippen LogP contribution in [0.3, 0.4) is 0 Å². The van der Waals surface area contributed by atoms with Gasteiger partial charge in [-0.3, -0.25) is 4.90 Å². The second-order valence-electron chi connectivity index (χ2n) is 3.86. The van der Waals surface area contributed by atoms with Crippen molar-refractivity contribution in [3.05, 3.63) is 16.1 Å². The van der Waals surface area contributed by atoms with E-state index in [2.05, 4.69) is 16.8 Å². The molecule has 2 rings (SSSR count). The van der Waals surface area contributed by atoms with E-state index in [0.29, 0.717) is 6.04 Å². The maximum absolute atomic E-state index is 5.74. The highest BCUT2D eigenvalue weighted by Crippen LogP contribution is 2.22. The van der Waals surface area contributed by atoms with Crippen LogP contribution in [0.15, 0.2) is 5.51 Å². The van der Waals surface area contributed by atoms with Gasteiger partial charge in [0.2, 0.25) is 0 Å². The zero-order valence-corrected chi connectivity index (χ0v) is 9.39. The summed E-state index contributed by atoms with van der Waals surface area (Å²) >= 11 is 1.76. The Morgan fingerprint density at radius 1 is 1.71 bits per heavy atom. The molecule has 0 unspecified atom stereocenters. The van der Waals surface area contributed by atoms with Gasteiger partial charge in [-0.1, -0.05) is 0 Å². The Morgan fingerprint density at radius 2 is 2.57 bits per heavy atom. The van der Waals surface area contributed by atoms with Crippen molar-refractivity contribution in [1.82, 2.24) is 9.88 Å². The monoisotopic (exact) mass is 211 g/mol. The van der Waals surface area contributed by atoms with Crippen LogP contribution in [0, 0.1) is 6.92 Å². The van der Waals surface area contributed by atoms with Gasteiger partial charge >= 0.3 is 0 Å². The highest BCUT2D eigenvalue weighted by molar-refractivity contribution is 7.09. The van der Waals surface area contributed by atoms with Gasteiger partial charge in [0.25, 0.3) is 0 Å². The molecule has 1 saturated heterocycles. The van der Waals surface area contributed by atoms with Crippen LogP contribution in [0.5, 0.6) is 0 Å². The Kier molecular flexibility index (Phi) is 3.15. The number of likely N-dealkylation sites (tertiary alicyclic amines) is 1. The molecule has 0 spiro atoms. The normalized spacial score (nSPS) is 23.1. The molecule has 2 N–H and O–H groups in total. The SMILES string of the molecule is Cc1ncsc1CN1CCC[C@@H]1CN. The second kappa shape index (κ2) is 4.38. The molecule has 1 atom stereocenters. The van der Waals surface area contributed by atoms with E-state index in [1.807, 2.05) is 5.51 Å². The van der Waals surface area contributed by atoms with Crippen molar-refractivity contribution in [3.8, 4) is 0 Å². The number of hydrogen-bond acceptors (Lipinski definition) is 4. The summed E-state index contributed by atoms with van der Waals surface area (Å²) in [6, 6.07) is 0.594. The van der Waals surface area contributed by atoms with Crippen LogP contribution < -0.4 is 5.73 Å². The number of rotatable bonds is 3. The van der Waals surface area contributed by atoms with E-state index in [1.165, 1.54) is 30.0 Å². The molecule has 1 aliphatic rings. The second-order valence-corrected chi connectivity index (χ2v) is 4.80. The Balaban J connectivity index is 2.00. The van der Waals surface area contributed by atoms with Crippen molar-refractivity contribution in [1.29, 1.82) is 0 Å². The molecule has 0 amide bonds. The molecule has 1 aromatic heterocycles. The van der Waals surface area contributed by atoms with Crippen molar-refractivity contribution >= 4 is 11.3 Å². The fraction of sp³-hybridized carbons (Fsp3) is 0.700. The van der Waals surface area contributed by atoms with Crippen LogP contribution in [0.2, 0.25) is 0 Å². The quantitative estimate of drug-likeness (QED) is 0.821. The maximum atomic E-state index is 5.74. The minimum atomic E-state index is 0.594. The Morgan fingerprint density at radius 3 is 3.21 bits per heavy atom. The molecule has 1 aliphatic heterocycles. The summed E-state index contributed by atoms with van der Waals surface area (Å²) < 4.78 is 0. The topological polar surface area (TPSA) is 42.2 Å². The van der Waals surface area contributed by atoms with E-state index in [1.54, 1.807) is 11.3 Å². The smallest absolute Gasteiger partial charge is 0.0798 e. The zero-order chi connectivity index (χ0) is 9.97. The third kappa shape index (κ3) is 1.97. The van der Waals surface area contributed by atoms with Crippen molar-refractivity contribution in [3.63, 3.8) is 0 Å². The first-order chi connectivity index (χ1) is 6.81. The highest BCUT2D eigenvalue weighted by Gasteiger charge is 2.23. The Hall–Kier alpha value is -0.450. The summed E-state index contributed by atoms with van der Waals surface area (Å²) in [5, 5.41) is 0. The summed E-state index contributed by atoms with van der Waals surface area (Å²) in [5.41, 5.74) is 8.84. The predicted octanol–water partition coefficient (Wildman–Crippen LogP) is 1.37. The van der Waals surface area contributed by atoms with Gasteiger partial charge in [-0.2, -0.15) is 0 Å². The van der Waals surface area contributed by atoms with E-state index in [-0.39, 0.29) is 0 Å². The van der Waals surface area contributed by atoms with Gasteiger partial charge in [-0.15, -0.1) is 11.3 Å². The first-order valence-electron chi connectivity index (χ1n) is 5.14. The van der Waals surface area contributed by atoms with Crippen molar-refractivity contribution in [2.24, 2.45) is 5.73 Å². The van der Waals surface area contributed by atoms with E-state index >= 15 is 0 Å². The van der Waals surface area contributed by atoms with E-state index in [4.69, 9.17) is 5.73 Å². The molecule has 78 valence electrons. The number of nitrogens with two attached hydrogens (primary N) is 1. The van der Waals surface area contributed by atoms with Gasteiger partial charge in [0, 0.05) is 24.0 Å². The molecule has 4 heteroatoms. The number of aromatic nitrogens is 1. The van der Waals surface area contributed by atoms with Crippen molar-refractivity contribution in [2.75, 3.05) is 13.1 Å². The average Bonchev–Trinajstić information content (AvgIpc) is 2.77. The average molecular weight is 211 g/mol. The Labute approximate surface area is 88.9 Å². The summed E-state index contributed by atoms with van der Waals surface area (Å²) in [6.45, 7) is 5.11. The number of hydrogen-bond donors (Lipinski definition) is 1. The molecule has 0 saturated carbocycles. The summed E-state index contributed by atoms with van der Waals surface area (Å²) in [6.07, 6.45) is 2.55. The van der Waals surface area contributed by atoms with Crippen LogP contribution in [0.1, 0.15) is 23.4 Å². The fourth-order valence-corrected chi connectivity index (χ4v) is 2.83. The van der Waals surface area contributed by atoms with Crippen LogP contribution in [0.4, 0.5) is 0 Å². The first-order valence-corrected chi connectivity index (χ1v) is 6.02. The van der Waals surface area contributed by atoms with E-state index in [9.17, 15) is 0 Å².